The van der Waals surface area contributed by atoms with Gasteiger partial charge in [-0.2, -0.15) is 0 Å². The fourth-order valence-corrected chi connectivity index (χ4v) is 4.25. The van der Waals surface area contributed by atoms with E-state index in [1.165, 1.54) is 0 Å². The second-order valence-corrected chi connectivity index (χ2v) is 8.26. The highest BCUT2D eigenvalue weighted by molar-refractivity contribution is 5.95. The van der Waals surface area contributed by atoms with Crippen molar-refractivity contribution in [1.29, 1.82) is 0 Å². The Morgan fingerprint density at radius 2 is 1.37 bits per heavy atom. The minimum Gasteiger partial charge on any atom is -0.439 e. The predicted molar refractivity (Wildman–Crippen MR) is 121 cm³/mol. The number of hydrogen-bond donors (Lipinski definition) is 0. The second-order valence-electron chi connectivity index (χ2n) is 8.26. The number of carbonyl (C=O) groups excluding carboxylic acids is 1. The molecule has 5 nitrogen and oxygen atoms in total. The summed E-state index contributed by atoms with van der Waals surface area (Å²) in [5, 5.41) is 0. The third kappa shape index (κ3) is 2.93. The number of carbonyl (C=O) groups is 1. The fourth-order valence-electron chi connectivity index (χ4n) is 4.25. The quantitative estimate of drug-likeness (QED) is 0.610. The summed E-state index contributed by atoms with van der Waals surface area (Å²) in [5.74, 6) is -0.342. The lowest BCUT2D eigenvalue weighted by molar-refractivity contribution is 0.0240. The number of anilines is 2. The molecule has 0 saturated heterocycles. The van der Waals surface area contributed by atoms with E-state index >= 15 is 0 Å². The Hall–Kier alpha value is -3.34. The molecule has 1 aliphatic rings. The SMILES string of the molecule is Cc1cc(N(C)C)ccc1C1(c2ccc(N(C)C)cc2C)OC(=O)c2cccnc21. The predicted octanol–water partition coefficient (Wildman–Crippen LogP) is 4.29. The number of aromatic nitrogens is 1. The summed E-state index contributed by atoms with van der Waals surface area (Å²) in [6.07, 6.45) is 1.72. The van der Waals surface area contributed by atoms with Gasteiger partial charge in [-0.25, -0.2) is 4.79 Å². The lowest BCUT2D eigenvalue weighted by Gasteiger charge is -2.33. The standard InChI is InChI=1S/C25H27N3O2/c1-16-14-18(27(3)4)9-11-21(16)25(22-12-10-19(28(5)6)15-17(22)2)23-20(24(29)30-25)8-7-13-26-23/h7-15H,1-6H3. The molecule has 0 spiro atoms. The van der Waals surface area contributed by atoms with Gasteiger partial charge >= 0.3 is 5.97 Å². The maximum Gasteiger partial charge on any atom is 0.341 e. The van der Waals surface area contributed by atoms with E-state index in [1.807, 2.05) is 28.2 Å². The van der Waals surface area contributed by atoms with Crippen molar-refractivity contribution in [3.63, 3.8) is 0 Å². The zero-order chi connectivity index (χ0) is 21.6. The van der Waals surface area contributed by atoms with Crippen molar-refractivity contribution < 1.29 is 9.53 Å². The van der Waals surface area contributed by atoms with E-state index in [2.05, 4.69) is 65.0 Å². The lowest BCUT2D eigenvalue weighted by atomic mass is 9.78. The normalized spacial score (nSPS) is 14.3. The summed E-state index contributed by atoms with van der Waals surface area (Å²) in [6.45, 7) is 4.12. The Labute approximate surface area is 177 Å². The van der Waals surface area contributed by atoms with Gasteiger partial charge in [0.1, 0.15) is 5.69 Å². The molecule has 4 rings (SSSR count). The molecular weight excluding hydrogens is 374 g/mol. The molecule has 0 radical (unpaired) electrons. The van der Waals surface area contributed by atoms with Crippen molar-refractivity contribution in [2.45, 2.75) is 19.4 Å². The van der Waals surface area contributed by atoms with Crippen LogP contribution in [0, 0.1) is 13.8 Å². The molecule has 0 N–H and O–H groups in total. The van der Waals surface area contributed by atoms with Gasteiger partial charge in [-0.15, -0.1) is 0 Å². The zero-order valence-corrected chi connectivity index (χ0v) is 18.4. The van der Waals surface area contributed by atoms with Gasteiger partial charge in [0.25, 0.3) is 0 Å². The summed E-state index contributed by atoms with van der Waals surface area (Å²) >= 11 is 0. The van der Waals surface area contributed by atoms with Crippen molar-refractivity contribution in [1.82, 2.24) is 4.98 Å². The Morgan fingerprint density at radius 1 is 0.833 bits per heavy atom. The first-order valence-electron chi connectivity index (χ1n) is 10.0. The molecule has 30 heavy (non-hydrogen) atoms. The largest absolute Gasteiger partial charge is 0.439 e. The summed E-state index contributed by atoms with van der Waals surface area (Å²) in [5.41, 5.74) is 6.23. The Balaban J connectivity index is 2.03. The van der Waals surface area contributed by atoms with Gasteiger partial charge in [-0.3, -0.25) is 4.98 Å². The van der Waals surface area contributed by atoms with Crippen LogP contribution in [-0.4, -0.2) is 39.1 Å². The summed E-state index contributed by atoms with van der Waals surface area (Å²) in [6, 6.07) is 16.0. The van der Waals surface area contributed by atoms with Gasteiger partial charge in [0, 0.05) is 56.9 Å². The van der Waals surface area contributed by atoms with Gasteiger partial charge < -0.3 is 14.5 Å². The molecular formula is C25H27N3O2. The van der Waals surface area contributed by atoms with Gasteiger partial charge in [0.05, 0.1) is 5.56 Å². The van der Waals surface area contributed by atoms with Crippen molar-refractivity contribution in [2.24, 2.45) is 0 Å². The van der Waals surface area contributed by atoms with E-state index in [-0.39, 0.29) is 5.97 Å². The summed E-state index contributed by atoms with van der Waals surface area (Å²) in [4.78, 5) is 21.7. The second kappa shape index (κ2) is 7.17. The Morgan fingerprint density at radius 3 is 1.83 bits per heavy atom. The minimum atomic E-state index is -1.07. The van der Waals surface area contributed by atoms with Crippen LogP contribution in [0.2, 0.25) is 0 Å². The first-order valence-corrected chi connectivity index (χ1v) is 10.0. The molecule has 154 valence electrons. The molecule has 5 heteroatoms. The van der Waals surface area contributed by atoms with Crippen molar-refractivity contribution >= 4 is 17.3 Å². The number of esters is 1. The molecule has 0 fully saturated rings. The number of hydrogen-bond acceptors (Lipinski definition) is 5. The Bertz CT molecular complexity index is 1080. The van der Waals surface area contributed by atoms with Crippen LogP contribution in [0.25, 0.3) is 0 Å². The van der Waals surface area contributed by atoms with Crippen LogP contribution in [0.3, 0.4) is 0 Å². The molecule has 0 amide bonds. The number of cyclic esters (lactones) is 1. The molecule has 0 atom stereocenters. The first kappa shape index (κ1) is 20.0. The van der Waals surface area contributed by atoms with Crippen molar-refractivity contribution in [2.75, 3.05) is 38.0 Å². The molecule has 0 bridgehead atoms. The number of fused-ring (bicyclic) bond motifs is 1. The monoisotopic (exact) mass is 401 g/mol. The molecule has 0 saturated carbocycles. The molecule has 2 heterocycles. The van der Waals surface area contributed by atoms with Crippen molar-refractivity contribution in [3.05, 3.63) is 88.2 Å². The van der Waals surface area contributed by atoms with E-state index in [1.54, 1.807) is 18.3 Å². The first-order chi connectivity index (χ1) is 14.3. The minimum absolute atomic E-state index is 0.342. The van der Waals surface area contributed by atoms with Crippen LogP contribution in [-0.2, 0) is 10.3 Å². The molecule has 3 aromatic rings. The van der Waals surface area contributed by atoms with E-state index in [0.717, 1.165) is 33.6 Å². The van der Waals surface area contributed by atoms with Crippen LogP contribution >= 0.6 is 0 Å². The van der Waals surface area contributed by atoms with Gasteiger partial charge in [-0.05, 0) is 61.4 Å². The fraction of sp³-hybridized carbons (Fsp3) is 0.280. The van der Waals surface area contributed by atoms with Crippen LogP contribution in [0.1, 0.15) is 38.3 Å². The number of ether oxygens (including phenoxy) is 1. The summed E-state index contributed by atoms with van der Waals surface area (Å²) in [7, 11) is 8.06. The highest BCUT2D eigenvalue weighted by atomic mass is 16.6. The molecule has 1 aliphatic heterocycles. The maximum absolute atomic E-state index is 12.9. The average molecular weight is 402 g/mol. The van der Waals surface area contributed by atoms with E-state index < -0.39 is 5.60 Å². The highest BCUT2D eigenvalue weighted by Crippen LogP contribution is 2.48. The number of aryl methyl sites for hydroxylation is 2. The Kier molecular flexibility index (Phi) is 4.77. The van der Waals surface area contributed by atoms with E-state index in [0.29, 0.717) is 11.3 Å². The van der Waals surface area contributed by atoms with Gasteiger partial charge in [0.2, 0.25) is 5.60 Å². The zero-order valence-electron chi connectivity index (χ0n) is 18.4. The van der Waals surface area contributed by atoms with Crippen LogP contribution < -0.4 is 9.80 Å². The topological polar surface area (TPSA) is 45.7 Å². The molecule has 1 aromatic heterocycles. The van der Waals surface area contributed by atoms with E-state index in [4.69, 9.17) is 4.74 Å². The number of pyridine rings is 1. The number of benzene rings is 2. The molecule has 0 aliphatic carbocycles. The van der Waals surface area contributed by atoms with Crippen molar-refractivity contribution in [3.8, 4) is 0 Å². The highest BCUT2D eigenvalue weighted by Gasteiger charge is 2.51. The molecule has 2 aromatic carbocycles. The number of nitrogens with zero attached hydrogens (tertiary/aromatic N) is 3. The van der Waals surface area contributed by atoms with E-state index in [9.17, 15) is 4.79 Å². The van der Waals surface area contributed by atoms with Crippen LogP contribution in [0.15, 0.2) is 54.7 Å². The summed E-state index contributed by atoms with van der Waals surface area (Å²) < 4.78 is 6.23. The van der Waals surface area contributed by atoms with Gasteiger partial charge in [-0.1, -0.05) is 12.1 Å². The molecule has 0 unspecified atom stereocenters. The lowest BCUT2D eigenvalue weighted by Crippen LogP contribution is -2.32. The van der Waals surface area contributed by atoms with Gasteiger partial charge in [0.15, 0.2) is 0 Å². The number of rotatable bonds is 4. The smallest absolute Gasteiger partial charge is 0.341 e. The van der Waals surface area contributed by atoms with Crippen LogP contribution in [0.5, 0.6) is 0 Å². The van der Waals surface area contributed by atoms with Crippen LogP contribution in [0.4, 0.5) is 11.4 Å². The average Bonchev–Trinajstić information content (AvgIpc) is 3.01. The maximum atomic E-state index is 12.9. The third-order valence-corrected chi connectivity index (χ3v) is 5.82. The third-order valence-electron chi connectivity index (χ3n) is 5.82.